The van der Waals surface area contributed by atoms with E-state index < -0.39 is 0 Å². The van der Waals surface area contributed by atoms with Gasteiger partial charge < -0.3 is 20.1 Å². The molecule has 0 saturated heterocycles. The van der Waals surface area contributed by atoms with Gasteiger partial charge in [0.1, 0.15) is 11.4 Å². The number of nitrogens with one attached hydrogen (secondary N) is 2. The normalized spacial score (nSPS) is 17.5. The van der Waals surface area contributed by atoms with E-state index in [9.17, 15) is 9.59 Å². The van der Waals surface area contributed by atoms with Crippen LogP contribution >= 0.6 is 0 Å². The Bertz CT molecular complexity index is 445. The fourth-order valence-corrected chi connectivity index (χ4v) is 1.66. The van der Waals surface area contributed by atoms with Crippen LogP contribution in [-0.4, -0.2) is 56.3 Å². The third-order valence-electron chi connectivity index (χ3n) is 2.65. The molecule has 0 saturated carbocycles. The molecule has 1 aromatic heterocycles. The quantitative estimate of drug-likeness (QED) is 0.624. The molecular weight excluding hydrogens is 328 g/mol. The molecule has 2 N–H and O–H groups in total. The minimum absolute atomic E-state index is 0. The van der Waals surface area contributed by atoms with Gasteiger partial charge in [-0.3, -0.25) is 9.59 Å². The number of rotatable bonds is 0. The number of carbonyl (C=O) groups is 2. The van der Waals surface area contributed by atoms with Gasteiger partial charge in [0, 0.05) is 13.1 Å². The third-order valence-corrected chi connectivity index (χ3v) is 2.65. The molecule has 0 fully saturated rings. The summed E-state index contributed by atoms with van der Waals surface area (Å²) in [6, 6.07) is 4.75. The van der Waals surface area contributed by atoms with Crippen molar-refractivity contribution in [3.8, 4) is 0 Å². The maximum atomic E-state index is 11.8. The van der Waals surface area contributed by atoms with Crippen LogP contribution in [-0.2, 0) is 29.0 Å². The summed E-state index contributed by atoms with van der Waals surface area (Å²) in [6.07, 6.45) is 0. The molecule has 7 nitrogen and oxygen atoms in total. The largest absolute Gasteiger partial charge is 2.00 e. The first-order chi connectivity index (χ1) is 9.77. The second-order valence-corrected chi connectivity index (χ2v) is 4.14. The summed E-state index contributed by atoms with van der Waals surface area (Å²) in [6.45, 7) is 2.50. The van der Waals surface area contributed by atoms with Gasteiger partial charge in [0.25, 0.3) is 11.8 Å². The van der Waals surface area contributed by atoms with Crippen LogP contribution in [0.25, 0.3) is 0 Å². The average Bonchev–Trinajstić information content (AvgIpc) is 2.48. The summed E-state index contributed by atoms with van der Waals surface area (Å²) in [4.78, 5) is 27.7. The number of ether oxygens (including phenoxy) is 2. The number of fused-ring (bicyclic) bond motifs is 2. The number of carbonyl (C=O) groups excluding carboxylic acids is 2. The Morgan fingerprint density at radius 3 is 1.81 bits per heavy atom. The molecule has 0 spiro atoms. The molecule has 1 aliphatic heterocycles. The summed E-state index contributed by atoms with van der Waals surface area (Å²) >= 11 is 0. The summed E-state index contributed by atoms with van der Waals surface area (Å²) in [7, 11) is 0. The minimum Gasteiger partial charge on any atom is -0.377 e. The van der Waals surface area contributed by atoms with E-state index in [4.69, 9.17) is 9.47 Å². The van der Waals surface area contributed by atoms with E-state index in [0.717, 1.165) is 0 Å². The fourth-order valence-electron chi connectivity index (χ4n) is 1.66. The minimum atomic E-state index is -0.325. The van der Waals surface area contributed by atoms with Crippen LogP contribution < -0.4 is 10.6 Å². The zero-order valence-corrected chi connectivity index (χ0v) is 14.7. The summed E-state index contributed by atoms with van der Waals surface area (Å²) in [5, 5.41) is 5.35. The van der Waals surface area contributed by atoms with Crippen LogP contribution in [0, 0.1) is 0 Å². The molecule has 0 aliphatic carbocycles. The Hall–Kier alpha value is -1.37. The van der Waals surface area contributed by atoms with Gasteiger partial charge in [-0.15, -0.1) is 0 Å². The zero-order valence-electron chi connectivity index (χ0n) is 11.8. The fraction of sp³-hybridized carbons (Fsp3) is 0.462. The van der Waals surface area contributed by atoms with Gasteiger partial charge in [-0.2, -0.15) is 0 Å². The molecule has 2 rings (SSSR count). The summed E-state index contributed by atoms with van der Waals surface area (Å²) in [5.41, 5.74) is 0.424. The van der Waals surface area contributed by atoms with E-state index in [-0.39, 0.29) is 42.7 Å². The van der Waals surface area contributed by atoms with Crippen molar-refractivity contribution in [1.82, 2.24) is 15.6 Å². The van der Waals surface area contributed by atoms with Crippen molar-refractivity contribution in [2.24, 2.45) is 0 Å². The maximum Gasteiger partial charge on any atom is 2.00 e. The standard InChI is InChI=1S/C13H17N3O4.Zn/c17-12-10-2-1-3-11(16-10)13(18)15-5-7-20-9-8-19-6-4-14-12;/h1-3H,4-9H2,(H,14,17)(H,15,18);/q;+2. The van der Waals surface area contributed by atoms with Gasteiger partial charge in [-0.1, -0.05) is 6.07 Å². The van der Waals surface area contributed by atoms with Gasteiger partial charge >= 0.3 is 19.5 Å². The Morgan fingerprint density at radius 2 is 1.33 bits per heavy atom. The van der Waals surface area contributed by atoms with Crippen LogP contribution in [0.3, 0.4) is 0 Å². The number of amides is 2. The molecule has 0 unspecified atom stereocenters. The Morgan fingerprint density at radius 1 is 0.857 bits per heavy atom. The molecule has 2 amide bonds. The Labute approximate surface area is 135 Å². The predicted octanol–water partition coefficient (Wildman–Crippen LogP) is -0.414. The van der Waals surface area contributed by atoms with Crippen molar-refractivity contribution in [3.05, 3.63) is 29.6 Å². The number of nitrogens with zero attached hydrogens (tertiary/aromatic N) is 1. The van der Waals surface area contributed by atoms with Crippen LogP contribution in [0.2, 0.25) is 0 Å². The van der Waals surface area contributed by atoms with E-state index in [1.807, 2.05) is 0 Å². The number of pyridine rings is 1. The van der Waals surface area contributed by atoms with Crippen LogP contribution in [0.1, 0.15) is 21.0 Å². The maximum absolute atomic E-state index is 11.8. The van der Waals surface area contributed by atoms with Crippen molar-refractivity contribution in [2.75, 3.05) is 39.5 Å². The number of hydrogen-bond acceptors (Lipinski definition) is 5. The second-order valence-electron chi connectivity index (χ2n) is 4.14. The van der Waals surface area contributed by atoms with Gasteiger partial charge in [0.15, 0.2) is 0 Å². The van der Waals surface area contributed by atoms with Crippen molar-refractivity contribution < 1.29 is 38.5 Å². The van der Waals surface area contributed by atoms with E-state index >= 15 is 0 Å². The van der Waals surface area contributed by atoms with Gasteiger partial charge in [-0.25, -0.2) is 4.98 Å². The molecule has 2 bridgehead atoms. The molecule has 8 heteroatoms. The SMILES string of the molecule is O=C1NCCOCCOCCNC(=O)c2cccc1n2.[Zn+2]. The van der Waals surface area contributed by atoms with Crippen molar-refractivity contribution >= 4 is 11.8 Å². The molecule has 0 aromatic carbocycles. The monoisotopic (exact) mass is 343 g/mol. The molecule has 2 heterocycles. The molecule has 1 aliphatic rings. The molecular formula is C13H17N3O4Zn+2. The zero-order chi connectivity index (χ0) is 14.2. The van der Waals surface area contributed by atoms with Crippen LogP contribution in [0.4, 0.5) is 0 Å². The van der Waals surface area contributed by atoms with Gasteiger partial charge in [0.05, 0.1) is 26.4 Å². The molecule has 0 atom stereocenters. The van der Waals surface area contributed by atoms with E-state index in [0.29, 0.717) is 39.5 Å². The first kappa shape index (κ1) is 17.7. The summed E-state index contributed by atoms with van der Waals surface area (Å²) < 4.78 is 10.6. The van der Waals surface area contributed by atoms with Crippen molar-refractivity contribution in [2.45, 2.75) is 0 Å². The van der Waals surface area contributed by atoms with Crippen LogP contribution in [0.15, 0.2) is 18.2 Å². The Kier molecular flexibility index (Phi) is 8.04. The molecule has 0 radical (unpaired) electrons. The van der Waals surface area contributed by atoms with Crippen molar-refractivity contribution in [3.63, 3.8) is 0 Å². The van der Waals surface area contributed by atoms with E-state index in [1.165, 1.54) is 0 Å². The van der Waals surface area contributed by atoms with Gasteiger partial charge in [0.2, 0.25) is 0 Å². The van der Waals surface area contributed by atoms with Crippen LogP contribution in [0.5, 0.6) is 0 Å². The predicted molar refractivity (Wildman–Crippen MR) is 70.5 cm³/mol. The second kappa shape index (κ2) is 9.55. The molecule has 1 aromatic rings. The topological polar surface area (TPSA) is 89.5 Å². The van der Waals surface area contributed by atoms with Gasteiger partial charge in [-0.05, 0) is 12.1 Å². The van der Waals surface area contributed by atoms with E-state index in [2.05, 4.69) is 15.6 Å². The first-order valence-corrected chi connectivity index (χ1v) is 6.46. The van der Waals surface area contributed by atoms with E-state index in [1.54, 1.807) is 18.2 Å². The molecule has 108 valence electrons. The number of aromatic nitrogens is 1. The first-order valence-electron chi connectivity index (χ1n) is 6.46. The molecule has 21 heavy (non-hydrogen) atoms. The summed E-state index contributed by atoms with van der Waals surface area (Å²) in [5.74, 6) is -0.649. The van der Waals surface area contributed by atoms with Crippen molar-refractivity contribution in [1.29, 1.82) is 0 Å². The Balaban J connectivity index is 0.00000220. The third kappa shape index (κ3) is 5.87. The smallest absolute Gasteiger partial charge is 0.377 e. The number of hydrogen-bond donors (Lipinski definition) is 2. The average molecular weight is 345 g/mol.